The lowest BCUT2D eigenvalue weighted by Crippen LogP contribution is -2.23. The van der Waals surface area contributed by atoms with Gasteiger partial charge in [0.25, 0.3) is 0 Å². The molecule has 0 aliphatic heterocycles. The number of carbonyl (C=O) groups is 1. The Bertz CT molecular complexity index is 1170. The molecule has 148 valence electrons. The fourth-order valence-corrected chi connectivity index (χ4v) is 3.80. The number of aliphatic imine (C=N–C) groups is 1. The van der Waals surface area contributed by atoms with Gasteiger partial charge in [-0.1, -0.05) is 51.1 Å². The maximum absolute atomic E-state index is 12.5. The summed E-state index contributed by atoms with van der Waals surface area (Å²) in [5, 5.41) is 0.903. The van der Waals surface area contributed by atoms with Crippen molar-refractivity contribution < 1.29 is 13.9 Å². The molecule has 1 amide bonds. The van der Waals surface area contributed by atoms with Gasteiger partial charge >= 0.3 is 11.7 Å². The van der Waals surface area contributed by atoms with Gasteiger partial charge < -0.3 is 9.15 Å². The van der Waals surface area contributed by atoms with Crippen LogP contribution in [0.2, 0.25) is 0 Å². The van der Waals surface area contributed by atoms with Crippen LogP contribution in [0.15, 0.2) is 62.7 Å². The molecule has 3 aromatic rings. The van der Waals surface area contributed by atoms with Crippen LogP contribution in [-0.2, 0) is 12.8 Å². The molecule has 29 heavy (non-hydrogen) atoms. The second-order valence-corrected chi connectivity index (χ2v) is 8.30. The number of carbonyl (C=O) groups excluding carboxylic acids is 1. The first-order valence-corrected chi connectivity index (χ1v) is 9.78. The molecular formula is C24H23NO4. The van der Waals surface area contributed by atoms with Crippen molar-refractivity contribution in [1.82, 2.24) is 0 Å². The summed E-state index contributed by atoms with van der Waals surface area (Å²) in [4.78, 5) is 28.9. The number of hydrogen-bond donors (Lipinski definition) is 0. The standard InChI is InChI=1S/C24H23NO4/c1-24(2,3)21(15-8-5-4-6-9-15)25-23(27)28-16-12-13-18-17-10-7-11-19(17)22(26)29-20(18)14-16/h4-6,8-9,12-14H,7,10-11H2,1-3H3/b25-21-. The second kappa shape index (κ2) is 7.32. The zero-order valence-electron chi connectivity index (χ0n) is 16.8. The fourth-order valence-electron chi connectivity index (χ4n) is 3.80. The summed E-state index contributed by atoms with van der Waals surface area (Å²) in [6.45, 7) is 5.99. The SMILES string of the molecule is CC(C)(C)/C(=N\C(=O)Oc1ccc2c3c(c(=O)oc2c1)CCC3)c1ccccc1. The van der Waals surface area contributed by atoms with Gasteiger partial charge in [-0.15, -0.1) is 0 Å². The zero-order valence-corrected chi connectivity index (χ0v) is 16.8. The minimum atomic E-state index is -0.707. The topological polar surface area (TPSA) is 68.9 Å². The zero-order chi connectivity index (χ0) is 20.6. The molecule has 0 fully saturated rings. The molecule has 1 aliphatic rings. The lowest BCUT2D eigenvalue weighted by atomic mass is 9.85. The number of aryl methyl sites for hydroxylation is 1. The van der Waals surface area contributed by atoms with Crippen molar-refractivity contribution in [3.8, 4) is 5.75 Å². The molecule has 2 aromatic carbocycles. The van der Waals surface area contributed by atoms with Crippen LogP contribution in [0.3, 0.4) is 0 Å². The first kappa shape index (κ1) is 19.1. The van der Waals surface area contributed by atoms with Crippen LogP contribution in [0, 0.1) is 5.41 Å². The van der Waals surface area contributed by atoms with Crippen molar-refractivity contribution in [2.24, 2.45) is 10.4 Å². The summed E-state index contributed by atoms with van der Waals surface area (Å²) in [6, 6.07) is 14.7. The molecule has 0 bridgehead atoms. The largest absolute Gasteiger partial charge is 0.439 e. The van der Waals surface area contributed by atoms with Crippen LogP contribution < -0.4 is 10.4 Å². The molecule has 0 spiro atoms. The predicted molar refractivity (Wildman–Crippen MR) is 113 cm³/mol. The van der Waals surface area contributed by atoms with E-state index >= 15 is 0 Å². The van der Waals surface area contributed by atoms with Gasteiger partial charge in [0.15, 0.2) is 0 Å². The van der Waals surface area contributed by atoms with Gasteiger partial charge in [0.1, 0.15) is 11.3 Å². The number of hydrogen-bond acceptors (Lipinski definition) is 4. The number of amides is 1. The Balaban J connectivity index is 1.65. The molecule has 0 saturated heterocycles. The first-order valence-electron chi connectivity index (χ1n) is 9.78. The molecule has 5 heteroatoms. The minimum absolute atomic E-state index is 0.300. The number of rotatable bonds is 2. The van der Waals surface area contributed by atoms with E-state index in [1.54, 1.807) is 12.1 Å². The van der Waals surface area contributed by atoms with E-state index < -0.39 is 6.09 Å². The van der Waals surface area contributed by atoms with E-state index in [1.807, 2.05) is 57.2 Å². The number of fused-ring (bicyclic) bond motifs is 3. The molecular weight excluding hydrogens is 366 g/mol. The van der Waals surface area contributed by atoms with Crippen molar-refractivity contribution in [3.63, 3.8) is 0 Å². The lowest BCUT2D eigenvalue weighted by Gasteiger charge is -2.21. The van der Waals surface area contributed by atoms with Crippen LogP contribution in [-0.4, -0.2) is 11.8 Å². The summed E-state index contributed by atoms with van der Waals surface area (Å²) >= 11 is 0. The normalized spacial score (nSPS) is 14.1. The van der Waals surface area contributed by atoms with Gasteiger partial charge in [0.05, 0.1) is 5.71 Å². The van der Waals surface area contributed by atoms with Crippen LogP contribution in [0.25, 0.3) is 11.0 Å². The Kier molecular flexibility index (Phi) is 4.82. The maximum Gasteiger partial charge on any atom is 0.439 e. The Morgan fingerprint density at radius 1 is 1.03 bits per heavy atom. The van der Waals surface area contributed by atoms with Crippen molar-refractivity contribution in [1.29, 1.82) is 0 Å². The number of benzene rings is 2. The minimum Gasteiger partial charge on any atom is -0.422 e. The highest BCUT2D eigenvalue weighted by Crippen LogP contribution is 2.30. The third-order valence-corrected chi connectivity index (χ3v) is 5.11. The molecule has 0 radical (unpaired) electrons. The molecule has 1 aromatic heterocycles. The molecule has 1 aliphatic carbocycles. The van der Waals surface area contributed by atoms with Crippen LogP contribution in [0.5, 0.6) is 5.75 Å². The van der Waals surface area contributed by atoms with Gasteiger partial charge in [0, 0.05) is 22.4 Å². The molecule has 0 N–H and O–H groups in total. The van der Waals surface area contributed by atoms with Gasteiger partial charge in [0.2, 0.25) is 0 Å². The lowest BCUT2D eigenvalue weighted by molar-refractivity contribution is 0.211. The molecule has 0 unspecified atom stereocenters. The molecule has 1 heterocycles. The van der Waals surface area contributed by atoms with E-state index in [-0.39, 0.29) is 11.0 Å². The Morgan fingerprint density at radius 3 is 2.48 bits per heavy atom. The van der Waals surface area contributed by atoms with Crippen molar-refractivity contribution >= 4 is 22.8 Å². The summed E-state index contributed by atoms with van der Waals surface area (Å²) in [5.74, 6) is 0.300. The van der Waals surface area contributed by atoms with Crippen molar-refractivity contribution in [2.45, 2.75) is 40.0 Å². The average molecular weight is 389 g/mol. The monoisotopic (exact) mass is 389 g/mol. The van der Waals surface area contributed by atoms with E-state index in [2.05, 4.69) is 4.99 Å². The van der Waals surface area contributed by atoms with Crippen molar-refractivity contribution in [2.75, 3.05) is 0 Å². The Labute approximate surface area is 169 Å². The summed E-state index contributed by atoms with van der Waals surface area (Å²) < 4.78 is 10.9. The highest BCUT2D eigenvalue weighted by molar-refractivity contribution is 6.08. The van der Waals surface area contributed by atoms with E-state index in [1.165, 1.54) is 0 Å². The molecule has 0 atom stereocenters. The third kappa shape index (κ3) is 3.86. The molecule has 5 nitrogen and oxygen atoms in total. The van der Waals surface area contributed by atoms with Crippen LogP contribution in [0.4, 0.5) is 4.79 Å². The first-order chi connectivity index (χ1) is 13.8. The Hall–Kier alpha value is -3.21. The summed E-state index contributed by atoms with van der Waals surface area (Å²) in [6.07, 6.45) is 1.88. The van der Waals surface area contributed by atoms with Gasteiger partial charge in [-0.05, 0) is 42.5 Å². The van der Waals surface area contributed by atoms with Crippen LogP contribution in [0.1, 0.15) is 43.9 Å². The summed E-state index contributed by atoms with van der Waals surface area (Å²) in [7, 11) is 0. The fraction of sp³-hybridized carbons (Fsp3) is 0.292. The van der Waals surface area contributed by atoms with Gasteiger partial charge in [-0.25, -0.2) is 9.59 Å². The Morgan fingerprint density at radius 2 is 1.76 bits per heavy atom. The van der Waals surface area contributed by atoms with Crippen molar-refractivity contribution in [3.05, 3.63) is 75.6 Å². The predicted octanol–water partition coefficient (Wildman–Crippen LogP) is 5.32. The van der Waals surface area contributed by atoms with Gasteiger partial charge in [-0.2, -0.15) is 4.99 Å². The maximum atomic E-state index is 12.5. The van der Waals surface area contributed by atoms with E-state index in [0.717, 1.165) is 41.3 Å². The molecule has 0 saturated carbocycles. The highest BCUT2D eigenvalue weighted by Gasteiger charge is 2.23. The average Bonchev–Trinajstić information content (AvgIpc) is 3.16. The molecule has 4 rings (SSSR count). The third-order valence-electron chi connectivity index (χ3n) is 5.11. The highest BCUT2D eigenvalue weighted by atomic mass is 16.5. The smallest absolute Gasteiger partial charge is 0.422 e. The van der Waals surface area contributed by atoms with E-state index in [0.29, 0.717) is 17.0 Å². The number of nitrogens with zero attached hydrogens (tertiary/aromatic N) is 1. The quantitative estimate of drug-likeness (QED) is 0.440. The van der Waals surface area contributed by atoms with E-state index in [4.69, 9.17) is 9.15 Å². The van der Waals surface area contributed by atoms with Gasteiger partial charge in [-0.3, -0.25) is 0 Å². The van der Waals surface area contributed by atoms with Crippen LogP contribution >= 0.6 is 0 Å². The second-order valence-electron chi connectivity index (χ2n) is 8.30. The summed E-state index contributed by atoms with van der Waals surface area (Å²) in [5.41, 5.74) is 3.13. The number of ether oxygens (including phenoxy) is 1. The van der Waals surface area contributed by atoms with E-state index in [9.17, 15) is 9.59 Å².